The van der Waals surface area contributed by atoms with Crippen LogP contribution in [0.4, 0.5) is 0 Å². The van der Waals surface area contributed by atoms with E-state index < -0.39 is 0 Å². The molecule has 3 nitrogen and oxygen atoms in total. The number of halogens is 1. The molecule has 0 aliphatic heterocycles. The Kier molecular flexibility index (Phi) is 5.29. The molecule has 0 radical (unpaired) electrons. The van der Waals surface area contributed by atoms with Crippen LogP contribution in [0.5, 0.6) is 5.75 Å². The molecule has 0 heterocycles. The third-order valence-corrected chi connectivity index (χ3v) is 3.07. The SMILES string of the molecule is COc1cc(C(=O)NCC(C)CCl)ccc1C. The number of ether oxygens (including phenoxy) is 1. The van der Waals surface area contributed by atoms with Crippen LogP contribution in [0.2, 0.25) is 0 Å². The molecule has 1 aromatic rings. The normalized spacial score (nSPS) is 12.0. The molecule has 1 N–H and O–H groups in total. The van der Waals surface area contributed by atoms with Crippen molar-refractivity contribution in [3.63, 3.8) is 0 Å². The van der Waals surface area contributed by atoms with Gasteiger partial charge in [0, 0.05) is 18.0 Å². The molecule has 1 amide bonds. The van der Waals surface area contributed by atoms with E-state index in [1.54, 1.807) is 19.2 Å². The standard InChI is InChI=1S/C13H18ClNO2/c1-9(7-14)8-15-13(16)11-5-4-10(2)12(6-11)17-3/h4-6,9H,7-8H2,1-3H3,(H,15,16). The zero-order valence-corrected chi connectivity index (χ0v) is 11.2. The maximum absolute atomic E-state index is 11.8. The van der Waals surface area contributed by atoms with Gasteiger partial charge in [0.2, 0.25) is 0 Å². The molecule has 1 unspecified atom stereocenters. The Hall–Kier alpha value is -1.22. The highest BCUT2D eigenvalue weighted by Gasteiger charge is 2.09. The molecule has 0 aromatic heterocycles. The average Bonchev–Trinajstić information content (AvgIpc) is 2.35. The summed E-state index contributed by atoms with van der Waals surface area (Å²) in [7, 11) is 1.60. The number of rotatable bonds is 5. The van der Waals surface area contributed by atoms with E-state index in [1.165, 1.54) is 0 Å². The highest BCUT2D eigenvalue weighted by Crippen LogP contribution is 2.18. The van der Waals surface area contributed by atoms with Gasteiger partial charge in [0.15, 0.2) is 0 Å². The molecular weight excluding hydrogens is 238 g/mol. The number of methoxy groups -OCH3 is 1. The molecule has 0 spiro atoms. The van der Waals surface area contributed by atoms with Crippen molar-refractivity contribution in [2.45, 2.75) is 13.8 Å². The van der Waals surface area contributed by atoms with Crippen LogP contribution in [0.15, 0.2) is 18.2 Å². The number of aryl methyl sites for hydroxylation is 1. The van der Waals surface area contributed by atoms with E-state index in [0.29, 0.717) is 18.0 Å². The fraction of sp³-hybridized carbons (Fsp3) is 0.462. The van der Waals surface area contributed by atoms with Gasteiger partial charge in [-0.15, -0.1) is 11.6 Å². The van der Waals surface area contributed by atoms with Gasteiger partial charge in [0.1, 0.15) is 5.75 Å². The van der Waals surface area contributed by atoms with Crippen molar-refractivity contribution in [3.05, 3.63) is 29.3 Å². The number of amides is 1. The minimum absolute atomic E-state index is 0.0970. The lowest BCUT2D eigenvalue weighted by molar-refractivity contribution is 0.0949. The van der Waals surface area contributed by atoms with Crippen LogP contribution < -0.4 is 10.1 Å². The quantitative estimate of drug-likeness (QED) is 0.822. The summed E-state index contributed by atoms with van der Waals surface area (Å²) in [5.74, 6) is 1.44. The van der Waals surface area contributed by atoms with Gasteiger partial charge in [-0.3, -0.25) is 4.79 Å². The Balaban J connectivity index is 2.69. The fourth-order valence-corrected chi connectivity index (χ4v) is 1.49. The maximum Gasteiger partial charge on any atom is 0.251 e. The molecule has 0 aliphatic carbocycles. The second-order valence-electron chi connectivity index (χ2n) is 4.15. The van der Waals surface area contributed by atoms with Crippen molar-refractivity contribution < 1.29 is 9.53 Å². The van der Waals surface area contributed by atoms with E-state index in [-0.39, 0.29) is 11.8 Å². The Morgan fingerprint density at radius 2 is 2.24 bits per heavy atom. The summed E-state index contributed by atoms with van der Waals surface area (Å²) in [6.45, 7) is 4.51. The van der Waals surface area contributed by atoms with E-state index in [1.807, 2.05) is 19.9 Å². The molecule has 1 rings (SSSR count). The molecule has 4 heteroatoms. The van der Waals surface area contributed by atoms with Gasteiger partial charge in [0.05, 0.1) is 7.11 Å². The smallest absolute Gasteiger partial charge is 0.251 e. The summed E-state index contributed by atoms with van der Waals surface area (Å²) in [5.41, 5.74) is 1.62. The lowest BCUT2D eigenvalue weighted by Crippen LogP contribution is -2.28. The number of carbonyl (C=O) groups is 1. The minimum Gasteiger partial charge on any atom is -0.496 e. The van der Waals surface area contributed by atoms with Crippen molar-refractivity contribution in [2.75, 3.05) is 19.5 Å². The van der Waals surface area contributed by atoms with Gasteiger partial charge in [-0.1, -0.05) is 13.0 Å². The molecule has 0 bridgehead atoms. The number of benzene rings is 1. The topological polar surface area (TPSA) is 38.3 Å². The lowest BCUT2D eigenvalue weighted by atomic mass is 10.1. The van der Waals surface area contributed by atoms with Crippen LogP contribution in [0.25, 0.3) is 0 Å². The molecule has 17 heavy (non-hydrogen) atoms. The van der Waals surface area contributed by atoms with E-state index >= 15 is 0 Å². The van der Waals surface area contributed by atoms with Gasteiger partial charge < -0.3 is 10.1 Å². The molecule has 94 valence electrons. The van der Waals surface area contributed by atoms with Crippen LogP contribution in [0.3, 0.4) is 0 Å². The summed E-state index contributed by atoms with van der Waals surface area (Å²) in [6.07, 6.45) is 0. The first-order valence-electron chi connectivity index (χ1n) is 5.57. The number of hydrogen-bond donors (Lipinski definition) is 1. The number of nitrogens with one attached hydrogen (secondary N) is 1. The first-order valence-corrected chi connectivity index (χ1v) is 6.10. The first kappa shape index (κ1) is 13.8. The molecule has 0 aliphatic rings. The second kappa shape index (κ2) is 6.50. The van der Waals surface area contributed by atoms with Crippen LogP contribution in [0, 0.1) is 12.8 Å². The molecular formula is C13H18ClNO2. The Bertz CT molecular complexity index is 393. The third kappa shape index (κ3) is 3.93. The summed E-state index contributed by atoms with van der Waals surface area (Å²) in [4.78, 5) is 11.8. The van der Waals surface area contributed by atoms with Gasteiger partial charge in [-0.05, 0) is 30.5 Å². The van der Waals surface area contributed by atoms with E-state index in [9.17, 15) is 4.79 Å². The van der Waals surface area contributed by atoms with Crippen LogP contribution in [0.1, 0.15) is 22.8 Å². The molecule has 1 aromatic carbocycles. The minimum atomic E-state index is -0.0970. The van der Waals surface area contributed by atoms with Crippen molar-refractivity contribution in [1.29, 1.82) is 0 Å². The zero-order chi connectivity index (χ0) is 12.8. The van der Waals surface area contributed by atoms with E-state index in [2.05, 4.69) is 5.32 Å². The molecule has 0 saturated carbocycles. The van der Waals surface area contributed by atoms with Crippen LogP contribution in [-0.4, -0.2) is 25.4 Å². The van der Waals surface area contributed by atoms with E-state index in [0.717, 1.165) is 11.3 Å². The van der Waals surface area contributed by atoms with E-state index in [4.69, 9.17) is 16.3 Å². The van der Waals surface area contributed by atoms with Crippen molar-refractivity contribution in [2.24, 2.45) is 5.92 Å². The third-order valence-electron chi connectivity index (χ3n) is 2.54. The Labute approximate surface area is 107 Å². The van der Waals surface area contributed by atoms with Crippen molar-refractivity contribution in [1.82, 2.24) is 5.32 Å². The number of carbonyl (C=O) groups excluding carboxylic acids is 1. The number of alkyl halides is 1. The first-order chi connectivity index (χ1) is 8.08. The van der Waals surface area contributed by atoms with Crippen LogP contribution in [-0.2, 0) is 0 Å². The summed E-state index contributed by atoms with van der Waals surface area (Å²) < 4.78 is 5.18. The zero-order valence-electron chi connectivity index (χ0n) is 10.4. The maximum atomic E-state index is 11.8. The average molecular weight is 256 g/mol. The predicted octanol–water partition coefficient (Wildman–Crippen LogP) is 2.61. The Morgan fingerprint density at radius 3 is 2.82 bits per heavy atom. The Morgan fingerprint density at radius 1 is 1.53 bits per heavy atom. The number of hydrogen-bond acceptors (Lipinski definition) is 2. The molecule has 0 saturated heterocycles. The highest BCUT2D eigenvalue weighted by molar-refractivity contribution is 6.18. The summed E-state index contributed by atoms with van der Waals surface area (Å²) in [5, 5.41) is 2.84. The second-order valence-corrected chi connectivity index (χ2v) is 4.46. The van der Waals surface area contributed by atoms with Gasteiger partial charge in [0.25, 0.3) is 5.91 Å². The van der Waals surface area contributed by atoms with Crippen LogP contribution >= 0.6 is 11.6 Å². The van der Waals surface area contributed by atoms with Gasteiger partial charge in [-0.2, -0.15) is 0 Å². The van der Waals surface area contributed by atoms with Crippen molar-refractivity contribution >= 4 is 17.5 Å². The summed E-state index contributed by atoms with van der Waals surface area (Å²) in [6, 6.07) is 5.41. The lowest BCUT2D eigenvalue weighted by Gasteiger charge is -2.11. The van der Waals surface area contributed by atoms with Gasteiger partial charge >= 0.3 is 0 Å². The monoisotopic (exact) mass is 255 g/mol. The summed E-state index contributed by atoms with van der Waals surface area (Å²) >= 11 is 5.68. The molecule has 0 fully saturated rings. The largest absolute Gasteiger partial charge is 0.496 e. The fourth-order valence-electron chi connectivity index (χ4n) is 1.38. The van der Waals surface area contributed by atoms with Crippen molar-refractivity contribution in [3.8, 4) is 5.75 Å². The predicted molar refractivity (Wildman–Crippen MR) is 69.9 cm³/mol. The molecule has 1 atom stereocenters. The van der Waals surface area contributed by atoms with Gasteiger partial charge in [-0.25, -0.2) is 0 Å². The highest BCUT2D eigenvalue weighted by atomic mass is 35.5.